The van der Waals surface area contributed by atoms with Gasteiger partial charge in [0.25, 0.3) is 5.91 Å². The summed E-state index contributed by atoms with van der Waals surface area (Å²) in [5.74, 6) is -0.0240. The lowest BCUT2D eigenvalue weighted by molar-refractivity contribution is 0.0968. The van der Waals surface area contributed by atoms with Gasteiger partial charge in [-0.15, -0.1) is 0 Å². The molecule has 0 saturated carbocycles. The van der Waals surface area contributed by atoms with Gasteiger partial charge in [0.15, 0.2) is 0 Å². The van der Waals surface area contributed by atoms with Gasteiger partial charge in [-0.1, -0.05) is 24.6 Å². The van der Waals surface area contributed by atoms with Crippen LogP contribution in [0.3, 0.4) is 0 Å². The van der Waals surface area contributed by atoms with E-state index in [2.05, 4.69) is 30.5 Å². The number of hydrogen-bond acceptors (Lipinski definition) is 7. The van der Waals surface area contributed by atoms with Crippen LogP contribution in [0.25, 0.3) is 10.8 Å². The molecule has 0 unspecified atom stereocenters. The molecular weight excluding hydrogens is 517 g/mol. The van der Waals surface area contributed by atoms with E-state index in [1.165, 1.54) is 25.3 Å². The number of rotatable bonds is 7. The highest BCUT2D eigenvalue weighted by molar-refractivity contribution is 6.11. The number of nitrogens with zero attached hydrogens (tertiary/aromatic N) is 5. The molecule has 0 spiro atoms. The summed E-state index contributed by atoms with van der Waals surface area (Å²) < 4.78 is 15.7. The average Bonchev–Trinajstić information content (AvgIpc) is 2.99. The van der Waals surface area contributed by atoms with Crippen molar-refractivity contribution in [3.05, 3.63) is 83.6 Å². The highest BCUT2D eigenvalue weighted by Crippen LogP contribution is 2.32. The molecule has 2 N–H and O–H groups in total. The normalized spacial score (nSPS) is 17.9. The summed E-state index contributed by atoms with van der Waals surface area (Å²) in [7, 11) is 0. The molecule has 6 rings (SSSR count). The lowest BCUT2D eigenvalue weighted by atomic mass is 10.0. The molecule has 4 heterocycles. The standard InChI is InChI=1S/C32H36FN7O/c1-22-7-5-8-23-12-15-35-30(29(22)23)40(26-9-6-14-34-20-26)31(41)27-11-10-24(19-28(27)33)37-32-36-16-13-25(38-32)21-39-17-3-2-4-18-39/h5,7-8,10-13,15-16,19,26,34H,2-4,6,9,14,17-18,20-21H2,1H3,(H,36,37,38)/t26-/m1/s1. The van der Waals surface area contributed by atoms with Crippen LogP contribution in [0.1, 0.15) is 53.7 Å². The lowest BCUT2D eigenvalue weighted by Crippen LogP contribution is -2.49. The largest absolute Gasteiger partial charge is 0.324 e. The Bertz CT molecular complexity index is 1530. The molecule has 2 aromatic carbocycles. The number of hydrogen-bond donors (Lipinski definition) is 2. The maximum atomic E-state index is 15.7. The van der Waals surface area contributed by atoms with E-state index >= 15 is 4.39 Å². The predicted molar refractivity (Wildman–Crippen MR) is 160 cm³/mol. The maximum Gasteiger partial charge on any atom is 0.262 e. The third-order valence-electron chi connectivity index (χ3n) is 8.07. The Morgan fingerprint density at radius 2 is 1.93 bits per heavy atom. The molecule has 9 heteroatoms. The molecule has 2 aromatic heterocycles. The van der Waals surface area contributed by atoms with Crippen molar-refractivity contribution >= 4 is 34.1 Å². The van der Waals surface area contributed by atoms with Crippen molar-refractivity contribution in [2.24, 2.45) is 0 Å². The summed E-state index contributed by atoms with van der Waals surface area (Å²) in [5, 5.41) is 8.42. The van der Waals surface area contributed by atoms with Gasteiger partial charge in [0.1, 0.15) is 11.6 Å². The number of benzene rings is 2. The Labute approximate surface area is 240 Å². The van der Waals surface area contributed by atoms with Crippen LogP contribution in [0.4, 0.5) is 21.8 Å². The van der Waals surface area contributed by atoms with Crippen LogP contribution in [0.5, 0.6) is 0 Å². The Morgan fingerprint density at radius 1 is 1.07 bits per heavy atom. The SMILES string of the molecule is Cc1cccc2ccnc(N(C(=O)c3ccc(Nc4nccc(CN5CCCCC5)n4)cc3F)[C@@H]3CCCNC3)c12. The van der Waals surface area contributed by atoms with E-state index in [4.69, 9.17) is 0 Å². The number of pyridine rings is 1. The molecule has 0 aliphatic carbocycles. The molecule has 2 fully saturated rings. The van der Waals surface area contributed by atoms with Crippen molar-refractivity contribution in [1.82, 2.24) is 25.2 Å². The molecule has 4 aromatic rings. The quantitative estimate of drug-likeness (QED) is 0.308. The van der Waals surface area contributed by atoms with Crippen LogP contribution in [0.15, 0.2) is 60.9 Å². The molecule has 41 heavy (non-hydrogen) atoms. The predicted octanol–water partition coefficient (Wildman–Crippen LogP) is 5.60. The van der Waals surface area contributed by atoms with Crippen molar-refractivity contribution in [3.63, 3.8) is 0 Å². The third kappa shape index (κ3) is 6.06. The van der Waals surface area contributed by atoms with E-state index in [0.29, 0.717) is 24.0 Å². The van der Waals surface area contributed by atoms with Crippen LogP contribution in [-0.2, 0) is 6.54 Å². The number of carbonyl (C=O) groups excluding carboxylic acids is 1. The highest BCUT2D eigenvalue weighted by Gasteiger charge is 2.31. The molecule has 1 atom stereocenters. The minimum atomic E-state index is -0.602. The summed E-state index contributed by atoms with van der Waals surface area (Å²) in [6.45, 7) is 6.47. The van der Waals surface area contributed by atoms with Gasteiger partial charge in [-0.3, -0.25) is 14.6 Å². The van der Waals surface area contributed by atoms with E-state index in [1.54, 1.807) is 29.4 Å². The van der Waals surface area contributed by atoms with Gasteiger partial charge >= 0.3 is 0 Å². The van der Waals surface area contributed by atoms with E-state index in [1.807, 2.05) is 37.3 Å². The number of amides is 1. The summed E-state index contributed by atoms with van der Waals surface area (Å²) >= 11 is 0. The van der Waals surface area contributed by atoms with Gasteiger partial charge in [-0.05, 0) is 93.5 Å². The second-order valence-corrected chi connectivity index (χ2v) is 11.0. The topological polar surface area (TPSA) is 86.3 Å². The zero-order chi connectivity index (χ0) is 28.2. The summed E-state index contributed by atoms with van der Waals surface area (Å²) in [6.07, 6.45) is 8.89. The van der Waals surface area contributed by atoms with Crippen LogP contribution in [0.2, 0.25) is 0 Å². The first kappa shape index (κ1) is 27.2. The fourth-order valence-corrected chi connectivity index (χ4v) is 5.98. The summed E-state index contributed by atoms with van der Waals surface area (Å²) in [4.78, 5) is 31.8. The maximum absolute atomic E-state index is 15.7. The second-order valence-electron chi connectivity index (χ2n) is 11.0. The molecule has 8 nitrogen and oxygen atoms in total. The Balaban J connectivity index is 1.27. The molecule has 212 valence electrons. The minimum Gasteiger partial charge on any atom is -0.324 e. The van der Waals surface area contributed by atoms with Gasteiger partial charge < -0.3 is 10.6 Å². The molecule has 2 aliphatic rings. The van der Waals surface area contributed by atoms with Crippen molar-refractivity contribution < 1.29 is 9.18 Å². The van der Waals surface area contributed by atoms with E-state index in [-0.39, 0.29) is 11.6 Å². The number of aryl methyl sites for hydroxylation is 1. The van der Waals surface area contributed by atoms with Gasteiger partial charge in [-0.25, -0.2) is 19.3 Å². The van der Waals surface area contributed by atoms with Crippen molar-refractivity contribution in [2.45, 2.75) is 51.6 Å². The number of carbonyl (C=O) groups is 1. The smallest absolute Gasteiger partial charge is 0.262 e. The van der Waals surface area contributed by atoms with Crippen molar-refractivity contribution in [1.29, 1.82) is 0 Å². The number of anilines is 3. The molecule has 0 radical (unpaired) electrons. The van der Waals surface area contributed by atoms with E-state index in [9.17, 15) is 4.79 Å². The fraction of sp³-hybridized carbons (Fsp3) is 0.375. The number of likely N-dealkylation sites (tertiary alicyclic amines) is 1. The number of nitrogens with one attached hydrogen (secondary N) is 2. The Hall–Kier alpha value is -3.95. The van der Waals surface area contributed by atoms with Crippen LogP contribution in [0, 0.1) is 12.7 Å². The molecule has 2 saturated heterocycles. The average molecular weight is 554 g/mol. The first-order valence-electron chi connectivity index (χ1n) is 14.6. The molecule has 2 aliphatic heterocycles. The van der Waals surface area contributed by atoms with Gasteiger partial charge in [0.2, 0.25) is 5.95 Å². The van der Waals surface area contributed by atoms with Crippen LogP contribution < -0.4 is 15.5 Å². The first-order chi connectivity index (χ1) is 20.1. The number of fused-ring (bicyclic) bond motifs is 1. The Morgan fingerprint density at radius 3 is 2.73 bits per heavy atom. The second kappa shape index (κ2) is 12.3. The summed E-state index contributed by atoms with van der Waals surface area (Å²) in [6, 6.07) is 14.3. The fourth-order valence-electron chi connectivity index (χ4n) is 5.98. The van der Waals surface area contributed by atoms with Gasteiger partial charge in [-0.2, -0.15) is 0 Å². The van der Waals surface area contributed by atoms with Crippen LogP contribution in [-0.4, -0.2) is 58.0 Å². The minimum absolute atomic E-state index is 0.00767. The Kier molecular flexibility index (Phi) is 8.16. The monoisotopic (exact) mass is 553 g/mol. The van der Waals surface area contributed by atoms with Crippen molar-refractivity contribution in [3.8, 4) is 0 Å². The van der Waals surface area contributed by atoms with Crippen LogP contribution >= 0.6 is 0 Å². The summed E-state index contributed by atoms with van der Waals surface area (Å²) in [5.41, 5.74) is 2.44. The zero-order valence-electron chi connectivity index (χ0n) is 23.4. The van der Waals surface area contributed by atoms with Crippen molar-refractivity contribution in [2.75, 3.05) is 36.4 Å². The molecule has 1 amide bonds. The van der Waals surface area contributed by atoms with E-state index in [0.717, 1.165) is 61.1 Å². The molecule has 0 bridgehead atoms. The number of aromatic nitrogens is 3. The highest BCUT2D eigenvalue weighted by atomic mass is 19.1. The van der Waals surface area contributed by atoms with Gasteiger partial charge in [0.05, 0.1) is 17.3 Å². The van der Waals surface area contributed by atoms with E-state index < -0.39 is 11.7 Å². The first-order valence-corrected chi connectivity index (χ1v) is 14.6. The lowest BCUT2D eigenvalue weighted by Gasteiger charge is -2.35. The van der Waals surface area contributed by atoms with Gasteiger partial charge in [0, 0.05) is 36.6 Å². The zero-order valence-corrected chi connectivity index (χ0v) is 23.4. The molecular formula is C32H36FN7O. The number of piperidine rings is 2. The number of halogens is 1. The third-order valence-corrected chi connectivity index (χ3v) is 8.07.